The highest BCUT2D eigenvalue weighted by atomic mass is 19.4. The van der Waals surface area contributed by atoms with Crippen LogP contribution in [0.3, 0.4) is 0 Å². The summed E-state index contributed by atoms with van der Waals surface area (Å²) in [6, 6.07) is 0. The predicted molar refractivity (Wildman–Crippen MR) is 41.1 cm³/mol. The molecule has 0 aliphatic heterocycles. The van der Waals surface area contributed by atoms with Crippen LogP contribution in [0.15, 0.2) is 0 Å². The van der Waals surface area contributed by atoms with E-state index in [0.29, 0.717) is 0 Å². The smallest absolute Gasteiger partial charge is 0.385 e. The van der Waals surface area contributed by atoms with E-state index in [0.717, 1.165) is 0 Å². The molecule has 5 heteroatoms. The van der Waals surface area contributed by atoms with Crippen LogP contribution in [-0.2, 0) is 4.79 Å². The minimum absolute atomic E-state index is 0.333. The van der Waals surface area contributed by atoms with Crippen LogP contribution in [-0.4, -0.2) is 23.2 Å². The van der Waals surface area contributed by atoms with Gasteiger partial charge in [0.1, 0.15) is 6.10 Å². The Morgan fingerprint density at radius 3 is 2.15 bits per heavy atom. The lowest BCUT2D eigenvalue weighted by Crippen LogP contribution is -2.27. The molecule has 0 aromatic rings. The summed E-state index contributed by atoms with van der Waals surface area (Å²) in [5.41, 5.74) is 0. The molecular formula is C8H13F3O2. The Kier molecular flexibility index (Phi) is 4.39. The first-order valence-electron chi connectivity index (χ1n) is 4.01. The van der Waals surface area contributed by atoms with E-state index >= 15 is 0 Å². The molecule has 0 amide bonds. The molecule has 0 rings (SSSR count). The molecule has 0 aromatic carbocycles. The number of aliphatic hydroxyl groups excluding tert-OH is 1. The third-order valence-electron chi connectivity index (χ3n) is 1.62. The van der Waals surface area contributed by atoms with E-state index < -0.39 is 30.9 Å². The lowest BCUT2D eigenvalue weighted by Gasteiger charge is -2.13. The molecule has 0 saturated heterocycles. The van der Waals surface area contributed by atoms with Gasteiger partial charge in [0.15, 0.2) is 5.78 Å². The number of hydrogen-bond acceptors (Lipinski definition) is 2. The molecule has 0 heterocycles. The minimum Gasteiger partial charge on any atom is -0.385 e. The van der Waals surface area contributed by atoms with Gasteiger partial charge in [-0.3, -0.25) is 4.79 Å². The highest BCUT2D eigenvalue weighted by Gasteiger charge is 2.30. The zero-order chi connectivity index (χ0) is 10.6. The van der Waals surface area contributed by atoms with Crippen LogP contribution >= 0.6 is 0 Å². The van der Waals surface area contributed by atoms with Crippen LogP contribution < -0.4 is 0 Å². The lowest BCUT2D eigenvalue weighted by molar-refractivity contribution is -0.147. The first-order valence-corrected chi connectivity index (χ1v) is 4.01. The Morgan fingerprint density at radius 2 is 1.85 bits per heavy atom. The molecule has 0 aliphatic rings. The van der Waals surface area contributed by atoms with Crippen molar-refractivity contribution in [3.8, 4) is 0 Å². The van der Waals surface area contributed by atoms with Crippen LogP contribution in [0.2, 0.25) is 0 Å². The predicted octanol–water partition coefficient (Wildman–Crippen LogP) is 1.91. The van der Waals surface area contributed by atoms with Gasteiger partial charge in [-0.15, -0.1) is 0 Å². The van der Waals surface area contributed by atoms with Gasteiger partial charge in [0.2, 0.25) is 0 Å². The number of alkyl halides is 3. The van der Waals surface area contributed by atoms with Gasteiger partial charge >= 0.3 is 6.18 Å². The first-order chi connectivity index (χ1) is 5.74. The summed E-state index contributed by atoms with van der Waals surface area (Å²) in [5.74, 6) is -1.08. The molecule has 0 radical (unpaired) electrons. The molecule has 1 N–H and O–H groups in total. The van der Waals surface area contributed by atoms with Gasteiger partial charge in [-0.25, -0.2) is 0 Å². The average Bonchev–Trinajstić information content (AvgIpc) is 1.97. The van der Waals surface area contributed by atoms with Gasteiger partial charge in [0.25, 0.3) is 0 Å². The normalized spacial score (nSPS) is 14.7. The van der Waals surface area contributed by atoms with Crippen molar-refractivity contribution in [2.45, 2.75) is 39.0 Å². The van der Waals surface area contributed by atoms with Crippen molar-refractivity contribution < 1.29 is 23.1 Å². The second kappa shape index (κ2) is 4.60. The number of carbonyl (C=O) groups is 1. The van der Waals surface area contributed by atoms with Gasteiger partial charge in [-0.05, 0) is 5.92 Å². The molecule has 1 unspecified atom stereocenters. The molecular weight excluding hydrogens is 185 g/mol. The Hall–Kier alpha value is -0.580. The Morgan fingerprint density at radius 1 is 1.38 bits per heavy atom. The fraction of sp³-hybridized carbons (Fsp3) is 0.875. The van der Waals surface area contributed by atoms with E-state index in [-0.39, 0.29) is 5.92 Å². The molecule has 78 valence electrons. The second-order valence-electron chi connectivity index (χ2n) is 3.27. The van der Waals surface area contributed by atoms with Crippen LogP contribution in [0.4, 0.5) is 13.2 Å². The zero-order valence-corrected chi connectivity index (χ0v) is 7.56. The van der Waals surface area contributed by atoms with Crippen LogP contribution in [0, 0.1) is 5.92 Å². The van der Waals surface area contributed by atoms with Gasteiger partial charge in [0.05, 0.1) is 6.42 Å². The molecule has 2 nitrogen and oxygen atoms in total. The largest absolute Gasteiger partial charge is 0.389 e. The summed E-state index contributed by atoms with van der Waals surface area (Å²) < 4.78 is 34.9. The highest BCUT2D eigenvalue weighted by Crippen LogP contribution is 2.22. The van der Waals surface area contributed by atoms with Crippen molar-refractivity contribution in [1.29, 1.82) is 0 Å². The first kappa shape index (κ1) is 12.4. The van der Waals surface area contributed by atoms with Gasteiger partial charge in [-0.1, -0.05) is 13.8 Å². The fourth-order valence-corrected chi connectivity index (χ4v) is 0.785. The molecule has 13 heavy (non-hydrogen) atoms. The standard InChI is InChI=1S/C8H13F3O2/c1-5(2)7(13)6(12)3-4-8(9,10)11/h5,7,13H,3-4H2,1-2H3. The summed E-state index contributed by atoms with van der Waals surface area (Å²) in [4.78, 5) is 10.9. The zero-order valence-electron chi connectivity index (χ0n) is 7.56. The van der Waals surface area contributed by atoms with E-state index in [1.165, 1.54) is 0 Å². The molecule has 0 aromatic heterocycles. The SMILES string of the molecule is CC(C)C(O)C(=O)CCC(F)(F)F. The summed E-state index contributed by atoms with van der Waals surface area (Å²) in [7, 11) is 0. The topological polar surface area (TPSA) is 37.3 Å². The maximum Gasteiger partial charge on any atom is 0.389 e. The van der Waals surface area contributed by atoms with Crippen LogP contribution in [0.5, 0.6) is 0 Å². The summed E-state index contributed by atoms with van der Waals surface area (Å²) >= 11 is 0. The van der Waals surface area contributed by atoms with Crippen molar-refractivity contribution in [2.75, 3.05) is 0 Å². The summed E-state index contributed by atoms with van der Waals surface area (Å²) in [6.07, 6.45) is -7.40. The third-order valence-corrected chi connectivity index (χ3v) is 1.62. The Bertz CT molecular complexity index is 175. The van der Waals surface area contributed by atoms with E-state index in [1.807, 2.05) is 0 Å². The lowest BCUT2D eigenvalue weighted by atomic mass is 10.0. The van der Waals surface area contributed by atoms with E-state index in [1.54, 1.807) is 13.8 Å². The number of halogens is 3. The van der Waals surface area contributed by atoms with E-state index in [4.69, 9.17) is 5.11 Å². The Labute approximate surface area is 74.7 Å². The number of hydrogen-bond donors (Lipinski definition) is 1. The molecule has 0 spiro atoms. The number of Topliss-reactive ketones (excluding diaryl/α,β-unsaturated/α-hetero) is 1. The second-order valence-corrected chi connectivity index (χ2v) is 3.27. The molecule has 0 bridgehead atoms. The van der Waals surface area contributed by atoms with Crippen LogP contribution in [0.1, 0.15) is 26.7 Å². The number of carbonyl (C=O) groups excluding carboxylic acids is 1. The maximum absolute atomic E-state index is 11.6. The van der Waals surface area contributed by atoms with Crippen molar-refractivity contribution in [1.82, 2.24) is 0 Å². The molecule has 0 fully saturated rings. The number of aliphatic hydroxyl groups is 1. The maximum atomic E-state index is 11.6. The fourth-order valence-electron chi connectivity index (χ4n) is 0.785. The Balaban J connectivity index is 3.89. The van der Waals surface area contributed by atoms with Gasteiger partial charge in [0, 0.05) is 6.42 Å². The summed E-state index contributed by atoms with van der Waals surface area (Å²) in [6.45, 7) is 3.16. The van der Waals surface area contributed by atoms with Crippen LogP contribution in [0.25, 0.3) is 0 Å². The van der Waals surface area contributed by atoms with Gasteiger partial charge < -0.3 is 5.11 Å². The molecule has 0 saturated carbocycles. The minimum atomic E-state index is -4.33. The van der Waals surface area contributed by atoms with E-state index in [2.05, 4.69) is 0 Å². The quantitative estimate of drug-likeness (QED) is 0.749. The number of rotatable bonds is 4. The monoisotopic (exact) mass is 198 g/mol. The molecule has 1 atom stereocenters. The van der Waals surface area contributed by atoms with Gasteiger partial charge in [-0.2, -0.15) is 13.2 Å². The summed E-state index contributed by atoms with van der Waals surface area (Å²) in [5, 5.41) is 9.07. The number of ketones is 1. The van der Waals surface area contributed by atoms with E-state index in [9.17, 15) is 18.0 Å². The van der Waals surface area contributed by atoms with Crippen molar-refractivity contribution >= 4 is 5.78 Å². The molecule has 0 aliphatic carbocycles. The highest BCUT2D eigenvalue weighted by molar-refractivity contribution is 5.83. The third kappa shape index (κ3) is 5.63. The van der Waals surface area contributed by atoms with Crippen molar-refractivity contribution in [3.63, 3.8) is 0 Å². The van der Waals surface area contributed by atoms with Crippen molar-refractivity contribution in [2.24, 2.45) is 5.92 Å². The average molecular weight is 198 g/mol. The van der Waals surface area contributed by atoms with Crippen molar-refractivity contribution in [3.05, 3.63) is 0 Å².